The van der Waals surface area contributed by atoms with Crippen LogP contribution in [-0.4, -0.2) is 19.6 Å². The van der Waals surface area contributed by atoms with Crippen molar-refractivity contribution in [3.63, 3.8) is 0 Å². The van der Waals surface area contributed by atoms with Crippen LogP contribution in [-0.2, 0) is 0 Å². The van der Waals surface area contributed by atoms with E-state index in [0.29, 0.717) is 0 Å². The van der Waals surface area contributed by atoms with Gasteiger partial charge in [0.05, 0.1) is 11.9 Å². The fourth-order valence-corrected chi connectivity index (χ4v) is 1.86. The number of halogens is 1. The third kappa shape index (κ3) is 1.45. The van der Waals surface area contributed by atoms with Gasteiger partial charge in [-0.15, -0.1) is 0 Å². The first-order valence-corrected chi connectivity index (χ1v) is 5.28. The lowest BCUT2D eigenvalue weighted by Gasteiger charge is -1.97. The topological polar surface area (TPSA) is 46.0 Å². The number of imidazole rings is 1. The lowest BCUT2D eigenvalue weighted by atomic mass is 10.3. The number of nitrogens with zero attached hydrogens (tertiary/aromatic N) is 3. The van der Waals surface area contributed by atoms with E-state index in [0.717, 1.165) is 21.6 Å². The van der Waals surface area contributed by atoms with Gasteiger partial charge >= 0.3 is 0 Å². The molecule has 0 aliphatic rings. The molecule has 0 atom stereocenters. The fourth-order valence-electron chi connectivity index (χ4n) is 1.49. The van der Waals surface area contributed by atoms with Gasteiger partial charge in [-0.05, 0) is 40.2 Å². The van der Waals surface area contributed by atoms with Crippen LogP contribution in [0.15, 0.2) is 41.3 Å². The molecule has 3 rings (SSSR count). The van der Waals surface area contributed by atoms with Crippen LogP contribution in [0.3, 0.4) is 0 Å². The smallest absolute Gasteiger partial charge is 0.154 e. The zero-order chi connectivity index (χ0) is 10.3. The van der Waals surface area contributed by atoms with Crippen molar-refractivity contribution in [2.24, 2.45) is 0 Å². The molecule has 1 N–H and O–H groups in total. The average molecular weight is 263 g/mol. The van der Waals surface area contributed by atoms with Gasteiger partial charge in [-0.25, -0.2) is 9.50 Å². The molecule has 0 aliphatic carbocycles. The molecule has 0 aromatic carbocycles. The Morgan fingerprint density at radius 2 is 2.20 bits per heavy atom. The quantitative estimate of drug-likeness (QED) is 0.733. The molecule has 3 aromatic rings. The van der Waals surface area contributed by atoms with E-state index in [4.69, 9.17) is 0 Å². The maximum atomic E-state index is 4.43. The Bertz CT molecular complexity index is 597. The molecule has 0 spiro atoms. The van der Waals surface area contributed by atoms with Crippen molar-refractivity contribution in [3.8, 4) is 11.4 Å². The van der Waals surface area contributed by atoms with Crippen LogP contribution in [0.2, 0.25) is 0 Å². The van der Waals surface area contributed by atoms with Gasteiger partial charge < -0.3 is 4.98 Å². The standard InChI is InChI=1S/C10H7BrN4/c11-9-6-15-10(13-9)4-3-8(14-15)7-2-1-5-12-7/h1-6,12H. The van der Waals surface area contributed by atoms with E-state index >= 15 is 0 Å². The molecule has 74 valence electrons. The summed E-state index contributed by atoms with van der Waals surface area (Å²) < 4.78 is 2.54. The Kier molecular flexibility index (Phi) is 1.85. The summed E-state index contributed by atoms with van der Waals surface area (Å²) in [6, 6.07) is 7.82. The van der Waals surface area contributed by atoms with Gasteiger partial charge in [0.2, 0.25) is 0 Å². The molecule has 4 nitrogen and oxygen atoms in total. The van der Waals surface area contributed by atoms with Crippen molar-refractivity contribution in [3.05, 3.63) is 41.3 Å². The molecule has 0 amide bonds. The third-order valence-electron chi connectivity index (χ3n) is 2.16. The molecule has 0 fully saturated rings. The molecular formula is C10H7BrN4. The summed E-state index contributed by atoms with van der Waals surface area (Å²) in [5.74, 6) is 0. The van der Waals surface area contributed by atoms with Gasteiger partial charge in [0.1, 0.15) is 10.3 Å². The van der Waals surface area contributed by atoms with Gasteiger partial charge in [0.15, 0.2) is 5.65 Å². The lowest BCUT2D eigenvalue weighted by molar-refractivity contribution is 0.938. The molecule has 5 heteroatoms. The molecule has 3 heterocycles. The Morgan fingerprint density at radius 1 is 1.27 bits per heavy atom. The van der Waals surface area contributed by atoms with Crippen molar-refractivity contribution < 1.29 is 0 Å². The minimum absolute atomic E-state index is 0.790. The molecule has 0 saturated carbocycles. The Labute approximate surface area is 94.1 Å². The fraction of sp³-hybridized carbons (Fsp3) is 0. The number of aromatic nitrogens is 4. The number of H-pyrrole nitrogens is 1. The van der Waals surface area contributed by atoms with Crippen LogP contribution in [0, 0.1) is 0 Å². The molecule has 0 bridgehead atoms. The molecule has 3 aromatic heterocycles. The minimum atomic E-state index is 0.790. The zero-order valence-electron chi connectivity index (χ0n) is 7.68. The number of nitrogens with one attached hydrogen (secondary N) is 1. The predicted octanol–water partition coefficient (Wildman–Crippen LogP) is 2.49. The van der Waals surface area contributed by atoms with Crippen molar-refractivity contribution in [2.45, 2.75) is 0 Å². The maximum absolute atomic E-state index is 4.43. The highest BCUT2D eigenvalue weighted by atomic mass is 79.9. The van der Waals surface area contributed by atoms with Gasteiger partial charge in [0.25, 0.3) is 0 Å². The molecule has 0 unspecified atom stereocenters. The maximum Gasteiger partial charge on any atom is 0.154 e. The van der Waals surface area contributed by atoms with E-state index < -0.39 is 0 Å². The van der Waals surface area contributed by atoms with E-state index in [1.807, 2.05) is 36.7 Å². The number of hydrogen-bond acceptors (Lipinski definition) is 2. The first kappa shape index (κ1) is 8.67. The predicted molar refractivity (Wildman–Crippen MR) is 60.5 cm³/mol. The zero-order valence-corrected chi connectivity index (χ0v) is 9.27. The highest BCUT2D eigenvalue weighted by Crippen LogP contribution is 2.16. The minimum Gasteiger partial charge on any atom is -0.360 e. The summed E-state index contributed by atoms with van der Waals surface area (Å²) in [6.45, 7) is 0. The van der Waals surface area contributed by atoms with Crippen LogP contribution in [0.25, 0.3) is 17.0 Å². The lowest BCUT2D eigenvalue weighted by Crippen LogP contribution is -1.92. The monoisotopic (exact) mass is 262 g/mol. The largest absolute Gasteiger partial charge is 0.360 e. The van der Waals surface area contributed by atoms with Crippen LogP contribution >= 0.6 is 15.9 Å². The second kappa shape index (κ2) is 3.20. The molecule has 15 heavy (non-hydrogen) atoms. The van der Waals surface area contributed by atoms with E-state index in [9.17, 15) is 0 Å². The van der Waals surface area contributed by atoms with Crippen molar-refractivity contribution in [2.75, 3.05) is 0 Å². The van der Waals surface area contributed by atoms with E-state index in [1.54, 1.807) is 4.52 Å². The van der Waals surface area contributed by atoms with Crippen LogP contribution in [0.5, 0.6) is 0 Å². The highest BCUT2D eigenvalue weighted by molar-refractivity contribution is 9.10. The Balaban J connectivity index is 2.21. The third-order valence-corrected chi connectivity index (χ3v) is 2.55. The first-order valence-electron chi connectivity index (χ1n) is 4.48. The van der Waals surface area contributed by atoms with Crippen LogP contribution in [0.1, 0.15) is 0 Å². The van der Waals surface area contributed by atoms with Crippen molar-refractivity contribution in [1.29, 1.82) is 0 Å². The van der Waals surface area contributed by atoms with Gasteiger partial charge in [0, 0.05) is 6.20 Å². The second-order valence-corrected chi connectivity index (χ2v) is 3.98. The van der Waals surface area contributed by atoms with Crippen LogP contribution in [0.4, 0.5) is 0 Å². The SMILES string of the molecule is Brc1cn2nc(-c3ccc[nH]3)ccc2n1. The summed E-state index contributed by atoms with van der Waals surface area (Å²) in [7, 11) is 0. The summed E-state index contributed by atoms with van der Waals surface area (Å²) in [4.78, 5) is 7.36. The normalized spacial score (nSPS) is 11.0. The number of rotatable bonds is 1. The van der Waals surface area contributed by atoms with E-state index in [-0.39, 0.29) is 0 Å². The van der Waals surface area contributed by atoms with Crippen molar-refractivity contribution >= 4 is 21.6 Å². The molecule has 0 radical (unpaired) electrons. The average Bonchev–Trinajstić information content (AvgIpc) is 2.82. The summed E-state index contributed by atoms with van der Waals surface area (Å²) in [6.07, 6.45) is 3.72. The number of aromatic amines is 1. The van der Waals surface area contributed by atoms with Crippen LogP contribution < -0.4 is 0 Å². The van der Waals surface area contributed by atoms with E-state index in [1.165, 1.54) is 0 Å². The van der Waals surface area contributed by atoms with Gasteiger partial charge in [-0.3, -0.25) is 0 Å². The second-order valence-electron chi connectivity index (χ2n) is 3.17. The molecule has 0 aliphatic heterocycles. The number of hydrogen-bond donors (Lipinski definition) is 1. The van der Waals surface area contributed by atoms with Gasteiger partial charge in [-0.1, -0.05) is 0 Å². The summed E-state index contributed by atoms with van der Waals surface area (Å²) in [5, 5.41) is 4.43. The van der Waals surface area contributed by atoms with Crippen molar-refractivity contribution in [1.82, 2.24) is 19.6 Å². The summed E-state index contributed by atoms with van der Waals surface area (Å²) >= 11 is 3.32. The van der Waals surface area contributed by atoms with Gasteiger partial charge in [-0.2, -0.15) is 5.10 Å². The highest BCUT2D eigenvalue weighted by Gasteiger charge is 2.03. The number of fused-ring (bicyclic) bond motifs is 1. The Morgan fingerprint density at radius 3 is 3.00 bits per heavy atom. The molecular weight excluding hydrogens is 256 g/mol. The van der Waals surface area contributed by atoms with E-state index in [2.05, 4.69) is 31.0 Å². The molecule has 0 saturated heterocycles. The Hall–Kier alpha value is -1.62. The first-order chi connectivity index (χ1) is 7.33. The summed E-state index contributed by atoms with van der Waals surface area (Å²) in [5.41, 5.74) is 2.73.